The van der Waals surface area contributed by atoms with Crippen molar-refractivity contribution in [3.8, 4) is 5.75 Å². The van der Waals surface area contributed by atoms with Crippen LogP contribution in [0.15, 0.2) is 30.3 Å². The van der Waals surface area contributed by atoms with Gasteiger partial charge in [0, 0.05) is 6.42 Å². The highest BCUT2D eigenvalue weighted by atomic mass is 32.2. The van der Waals surface area contributed by atoms with Crippen LogP contribution in [0, 0.1) is 5.41 Å². The van der Waals surface area contributed by atoms with Crippen molar-refractivity contribution >= 4 is 21.7 Å². The van der Waals surface area contributed by atoms with Gasteiger partial charge in [0.05, 0.1) is 11.2 Å². The normalized spacial score (nSPS) is 22.2. The van der Waals surface area contributed by atoms with E-state index in [2.05, 4.69) is 0 Å². The maximum absolute atomic E-state index is 12.0. The fourth-order valence-corrected chi connectivity index (χ4v) is 3.79. The van der Waals surface area contributed by atoms with Gasteiger partial charge < -0.3 is 4.18 Å². The molecule has 1 fully saturated rings. The van der Waals surface area contributed by atoms with Gasteiger partial charge in [-0.05, 0) is 38.3 Å². The summed E-state index contributed by atoms with van der Waals surface area (Å²) in [6, 6.07) is 8.17. The Morgan fingerprint density at radius 2 is 1.95 bits per heavy atom. The zero-order chi connectivity index (χ0) is 15.5. The monoisotopic (exact) mass is 310 g/mol. The first-order chi connectivity index (χ1) is 9.86. The Kier molecular flexibility index (Phi) is 4.46. The molecule has 1 unspecified atom stereocenters. The summed E-state index contributed by atoms with van der Waals surface area (Å²) >= 11 is 0. The van der Waals surface area contributed by atoms with Crippen LogP contribution >= 0.6 is 0 Å². The third kappa shape index (κ3) is 3.50. The molecule has 0 spiro atoms. The number of benzene rings is 1. The second kappa shape index (κ2) is 5.97. The average molecular weight is 310 g/mol. The van der Waals surface area contributed by atoms with Crippen molar-refractivity contribution in [3.05, 3.63) is 30.3 Å². The molecule has 0 aromatic heterocycles. The molecule has 0 saturated heterocycles. The number of hydrogen-bond acceptors (Lipinski definition) is 5. The summed E-state index contributed by atoms with van der Waals surface area (Å²) in [6.45, 7) is 1.36. The molecule has 1 aliphatic rings. The maximum atomic E-state index is 12.0. The Bertz CT molecular complexity index is 635. The first kappa shape index (κ1) is 15.7. The first-order valence-electron chi connectivity index (χ1n) is 6.87. The predicted molar refractivity (Wildman–Crippen MR) is 77.4 cm³/mol. The Hall–Kier alpha value is -1.69. The summed E-state index contributed by atoms with van der Waals surface area (Å²) in [4.78, 5) is 23.8. The molecule has 1 atom stereocenters. The van der Waals surface area contributed by atoms with Crippen molar-refractivity contribution in [1.82, 2.24) is 0 Å². The number of ketones is 2. The summed E-state index contributed by atoms with van der Waals surface area (Å²) in [5.74, 6) is -0.510. The number of rotatable bonds is 6. The highest BCUT2D eigenvalue weighted by Crippen LogP contribution is 2.39. The largest absolute Gasteiger partial charge is 0.382 e. The van der Waals surface area contributed by atoms with Crippen LogP contribution in [-0.2, 0) is 19.7 Å². The zero-order valence-corrected chi connectivity index (χ0v) is 12.7. The van der Waals surface area contributed by atoms with Gasteiger partial charge in [-0.15, -0.1) is 0 Å². The van der Waals surface area contributed by atoms with Crippen LogP contribution in [0.1, 0.15) is 32.6 Å². The van der Waals surface area contributed by atoms with E-state index in [1.807, 2.05) is 0 Å². The van der Waals surface area contributed by atoms with Crippen LogP contribution in [0.3, 0.4) is 0 Å². The van der Waals surface area contributed by atoms with Crippen molar-refractivity contribution in [2.24, 2.45) is 5.41 Å². The number of carbonyl (C=O) groups excluding carboxylic acids is 2. The number of carbonyl (C=O) groups is 2. The third-order valence-corrected chi connectivity index (χ3v) is 5.11. The SMILES string of the molecule is CC(=O)C1(CCS(=O)(=O)Oc2ccccc2)CCCC1=O. The van der Waals surface area contributed by atoms with Crippen LogP contribution in [0.2, 0.25) is 0 Å². The third-order valence-electron chi connectivity index (χ3n) is 3.96. The number of hydrogen-bond donors (Lipinski definition) is 0. The molecule has 0 bridgehead atoms. The molecule has 6 heteroatoms. The van der Waals surface area contributed by atoms with E-state index in [1.54, 1.807) is 30.3 Å². The van der Waals surface area contributed by atoms with Crippen LogP contribution in [0.25, 0.3) is 0 Å². The van der Waals surface area contributed by atoms with Gasteiger partial charge in [0.1, 0.15) is 17.3 Å². The van der Waals surface area contributed by atoms with Gasteiger partial charge in [-0.1, -0.05) is 18.2 Å². The summed E-state index contributed by atoms with van der Waals surface area (Å²) < 4.78 is 28.9. The standard InChI is InChI=1S/C15H18O5S/c1-12(16)15(9-5-8-14(15)17)10-11-21(18,19)20-13-6-3-2-4-7-13/h2-4,6-7H,5,8-11H2,1H3. The van der Waals surface area contributed by atoms with Crippen LogP contribution in [0.4, 0.5) is 0 Å². The first-order valence-corrected chi connectivity index (χ1v) is 8.45. The number of Topliss-reactive ketones (excluding diaryl/α,β-unsaturated/α-hetero) is 2. The molecule has 21 heavy (non-hydrogen) atoms. The predicted octanol–water partition coefficient (Wildman–Crippen LogP) is 2.11. The number of para-hydroxylation sites is 1. The van der Waals surface area contributed by atoms with Crippen molar-refractivity contribution < 1.29 is 22.2 Å². The molecule has 0 radical (unpaired) electrons. The maximum Gasteiger partial charge on any atom is 0.309 e. The second-order valence-electron chi connectivity index (χ2n) is 5.32. The molecular formula is C15H18O5S. The molecule has 0 N–H and O–H groups in total. The minimum Gasteiger partial charge on any atom is -0.382 e. The van der Waals surface area contributed by atoms with Crippen LogP contribution < -0.4 is 4.18 Å². The molecule has 1 aliphatic carbocycles. The molecule has 1 saturated carbocycles. The second-order valence-corrected chi connectivity index (χ2v) is 7.01. The summed E-state index contributed by atoms with van der Waals surface area (Å²) in [7, 11) is -3.82. The molecule has 2 rings (SSSR count). The van der Waals surface area contributed by atoms with Crippen molar-refractivity contribution in [3.63, 3.8) is 0 Å². The van der Waals surface area contributed by atoms with E-state index < -0.39 is 15.5 Å². The van der Waals surface area contributed by atoms with Gasteiger partial charge in [0.2, 0.25) is 0 Å². The van der Waals surface area contributed by atoms with Gasteiger partial charge >= 0.3 is 10.1 Å². The lowest BCUT2D eigenvalue weighted by molar-refractivity contribution is -0.137. The summed E-state index contributed by atoms with van der Waals surface area (Å²) in [5, 5.41) is 0. The molecule has 1 aromatic carbocycles. The molecule has 1 aromatic rings. The highest BCUT2D eigenvalue weighted by molar-refractivity contribution is 7.87. The Morgan fingerprint density at radius 3 is 2.48 bits per heavy atom. The van der Waals surface area contributed by atoms with Gasteiger partial charge in [0.25, 0.3) is 0 Å². The smallest absolute Gasteiger partial charge is 0.309 e. The topological polar surface area (TPSA) is 77.5 Å². The van der Waals surface area contributed by atoms with E-state index in [0.717, 1.165) is 0 Å². The lowest BCUT2D eigenvalue weighted by Crippen LogP contribution is -2.36. The van der Waals surface area contributed by atoms with Gasteiger partial charge in [-0.2, -0.15) is 8.42 Å². The minimum atomic E-state index is -3.82. The zero-order valence-electron chi connectivity index (χ0n) is 11.9. The molecule has 0 amide bonds. The van der Waals surface area contributed by atoms with Crippen LogP contribution in [-0.4, -0.2) is 25.7 Å². The van der Waals surface area contributed by atoms with Gasteiger partial charge in [0.15, 0.2) is 0 Å². The van der Waals surface area contributed by atoms with E-state index in [9.17, 15) is 18.0 Å². The fraction of sp³-hybridized carbons (Fsp3) is 0.467. The molecular weight excluding hydrogens is 292 g/mol. The van der Waals surface area contributed by atoms with Gasteiger partial charge in [-0.25, -0.2) is 0 Å². The van der Waals surface area contributed by atoms with Crippen molar-refractivity contribution in [2.45, 2.75) is 32.6 Å². The average Bonchev–Trinajstić information content (AvgIpc) is 2.80. The highest BCUT2D eigenvalue weighted by Gasteiger charge is 2.46. The fourth-order valence-electron chi connectivity index (χ4n) is 2.71. The molecule has 5 nitrogen and oxygen atoms in total. The van der Waals surface area contributed by atoms with E-state index in [4.69, 9.17) is 4.18 Å². The lowest BCUT2D eigenvalue weighted by atomic mass is 9.79. The quantitative estimate of drug-likeness (QED) is 0.594. The van der Waals surface area contributed by atoms with E-state index in [1.165, 1.54) is 6.92 Å². The lowest BCUT2D eigenvalue weighted by Gasteiger charge is -2.23. The molecule has 114 valence electrons. The minimum absolute atomic E-state index is 0.00364. The summed E-state index contributed by atoms with van der Waals surface area (Å²) in [5.41, 5.74) is -1.13. The van der Waals surface area contributed by atoms with E-state index >= 15 is 0 Å². The van der Waals surface area contributed by atoms with E-state index in [0.29, 0.717) is 19.3 Å². The van der Waals surface area contributed by atoms with Crippen molar-refractivity contribution in [1.29, 1.82) is 0 Å². The van der Waals surface area contributed by atoms with Crippen LogP contribution in [0.5, 0.6) is 5.75 Å². The van der Waals surface area contributed by atoms with E-state index in [-0.39, 0.29) is 29.5 Å². The summed E-state index contributed by atoms with van der Waals surface area (Å²) in [6.07, 6.45) is 1.41. The van der Waals surface area contributed by atoms with Gasteiger partial charge in [-0.3, -0.25) is 9.59 Å². The Balaban J connectivity index is 2.07. The van der Waals surface area contributed by atoms with Crippen molar-refractivity contribution in [2.75, 3.05) is 5.75 Å². The Morgan fingerprint density at radius 1 is 1.29 bits per heavy atom. The molecule has 0 heterocycles. The Labute approximate surface area is 124 Å². The molecule has 0 aliphatic heterocycles.